The third kappa shape index (κ3) is 2.35. The van der Waals surface area contributed by atoms with E-state index in [9.17, 15) is 9.90 Å². The van der Waals surface area contributed by atoms with Crippen LogP contribution in [-0.2, 0) is 11.2 Å². The summed E-state index contributed by atoms with van der Waals surface area (Å²) in [4.78, 5) is 11.9. The van der Waals surface area contributed by atoms with E-state index in [4.69, 9.17) is 4.74 Å². The number of allylic oxidation sites excluding steroid dienone is 1. The number of fused-ring (bicyclic) bond motifs is 3. The Bertz CT molecular complexity index is 601. The molecule has 0 saturated heterocycles. The molecular weight excluding hydrogens is 264 g/mol. The molecule has 0 radical (unpaired) electrons. The van der Waals surface area contributed by atoms with Crippen LogP contribution in [0.15, 0.2) is 24.8 Å². The molecule has 0 aromatic heterocycles. The lowest BCUT2D eigenvalue weighted by atomic mass is 9.66. The Hall–Kier alpha value is -1.77. The zero-order chi connectivity index (χ0) is 15.2. The van der Waals surface area contributed by atoms with Crippen LogP contribution < -0.4 is 4.74 Å². The van der Waals surface area contributed by atoms with Gasteiger partial charge in [-0.1, -0.05) is 6.08 Å². The number of ether oxygens (including phenoxy) is 1. The van der Waals surface area contributed by atoms with Crippen LogP contribution in [0.25, 0.3) is 0 Å². The fraction of sp³-hybridized carbons (Fsp3) is 0.500. The molecule has 0 amide bonds. The molecule has 2 aliphatic rings. The van der Waals surface area contributed by atoms with Crippen LogP contribution in [0.3, 0.4) is 0 Å². The smallest absolute Gasteiger partial charge is 0.133 e. The maximum absolute atomic E-state index is 11.9. The molecule has 1 saturated carbocycles. The second-order valence-corrected chi connectivity index (χ2v) is 6.72. The monoisotopic (exact) mass is 286 g/mol. The minimum atomic E-state index is -0.308. The van der Waals surface area contributed by atoms with Gasteiger partial charge in [-0.15, -0.1) is 6.58 Å². The first-order valence-electron chi connectivity index (χ1n) is 7.60. The van der Waals surface area contributed by atoms with E-state index in [0.717, 1.165) is 23.3 Å². The van der Waals surface area contributed by atoms with Gasteiger partial charge in [0.05, 0.1) is 0 Å². The summed E-state index contributed by atoms with van der Waals surface area (Å²) in [5.41, 5.74) is 1.50. The Labute approximate surface area is 125 Å². The number of phenols is 1. The molecule has 0 spiro atoms. The van der Waals surface area contributed by atoms with Crippen LogP contribution in [0.4, 0.5) is 0 Å². The molecular formula is C18H22O3. The van der Waals surface area contributed by atoms with Gasteiger partial charge >= 0.3 is 0 Å². The number of aromatic hydroxyl groups is 1. The van der Waals surface area contributed by atoms with Crippen LogP contribution in [-0.4, -0.2) is 16.5 Å². The fourth-order valence-electron chi connectivity index (χ4n) is 3.91. The Morgan fingerprint density at radius 3 is 2.95 bits per heavy atom. The van der Waals surface area contributed by atoms with E-state index in [1.165, 1.54) is 0 Å². The molecule has 112 valence electrons. The number of carbonyl (C=O) groups is 1. The molecule has 1 aromatic carbocycles. The van der Waals surface area contributed by atoms with Gasteiger partial charge in [-0.3, -0.25) is 4.79 Å². The summed E-state index contributed by atoms with van der Waals surface area (Å²) in [7, 11) is 0. The highest BCUT2D eigenvalue weighted by atomic mass is 16.5. The maximum atomic E-state index is 11.9. The van der Waals surface area contributed by atoms with E-state index in [2.05, 4.69) is 20.4 Å². The normalized spacial score (nSPS) is 26.5. The number of rotatable bonds is 2. The minimum absolute atomic E-state index is 0.0720. The van der Waals surface area contributed by atoms with Gasteiger partial charge in [-0.05, 0) is 44.4 Å². The number of ketones is 1. The van der Waals surface area contributed by atoms with E-state index in [1.54, 1.807) is 6.07 Å². The van der Waals surface area contributed by atoms with Gasteiger partial charge in [-0.2, -0.15) is 0 Å². The number of benzene rings is 1. The van der Waals surface area contributed by atoms with Crippen molar-refractivity contribution in [1.82, 2.24) is 0 Å². The van der Waals surface area contributed by atoms with Gasteiger partial charge in [0.15, 0.2) is 0 Å². The lowest BCUT2D eigenvalue weighted by molar-refractivity contribution is -0.124. The average Bonchev–Trinajstić information content (AvgIpc) is 2.37. The number of Topliss-reactive ketones (excluding diaryl/α,β-unsaturated/α-hetero) is 1. The molecule has 1 heterocycles. The first-order valence-corrected chi connectivity index (χ1v) is 7.60. The van der Waals surface area contributed by atoms with E-state index in [0.29, 0.717) is 19.3 Å². The van der Waals surface area contributed by atoms with Crippen molar-refractivity contribution in [1.29, 1.82) is 0 Å². The first kappa shape index (κ1) is 14.2. The Balaban J connectivity index is 2.11. The lowest BCUT2D eigenvalue weighted by Gasteiger charge is -2.47. The molecule has 0 unspecified atom stereocenters. The summed E-state index contributed by atoms with van der Waals surface area (Å²) in [6, 6.07) is 3.76. The van der Waals surface area contributed by atoms with Crippen molar-refractivity contribution in [3.63, 3.8) is 0 Å². The highest BCUT2D eigenvalue weighted by Crippen LogP contribution is 2.53. The molecule has 1 aliphatic heterocycles. The maximum Gasteiger partial charge on any atom is 0.133 e. The number of hydrogen-bond donors (Lipinski definition) is 1. The number of phenolic OH excluding ortho intramolecular Hbond substituents is 1. The van der Waals surface area contributed by atoms with Crippen LogP contribution in [0.1, 0.15) is 50.2 Å². The quantitative estimate of drug-likeness (QED) is 0.842. The Kier molecular flexibility index (Phi) is 3.31. The standard InChI is InChI=1S/C18H22O3/c1-4-5-11-8-15(20)17-13-10-12(19)6-7-14(13)18(2,3)21-16(17)9-11/h4,8-9,13-14,20H,1,5-7,10H2,2-3H3/t13-,14-/m1/s1. The van der Waals surface area contributed by atoms with Crippen LogP contribution in [0, 0.1) is 5.92 Å². The lowest BCUT2D eigenvalue weighted by Crippen LogP contribution is -2.47. The van der Waals surface area contributed by atoms with Gasteiger partial charge < -0.3 is 9.84 Å². The van der Waals surface area contributed by atoms with Gasteiger partial charge in [-0.25, -0.2) is 0 Å². The largest absolute Gasteiger partial charge is 0.508 e. The third-order valence-electron chi connectivity index (χ3n) is 4.86. The van der Waals surface area contributed by atoms with Gasteiger partial charge in [0.25, 0.3) is 0 Å². The highest BCUT2D eigenvalue weighted by molar-refractivity contribution is 5.81. The first-order chi connectivity index (χ1) is 9.92. The van der Waals surface area contributed by atoms with Crippen LogP contribution >= 0.6 is 0 Å². The van der Waals surface area contributed by atoms with Crippen molar-refractivity contribution in [3.05, 3.63) is 35.9 Å². The highest BCUT2D eigenvalue weighted by Gasteiger charge is 2.47. The Morgan fingerprint density at radius 1 is 1.48 bits per heavy atom. The summed E-state index contributed by atoms with van der Waals surface area (Å²) in [6.07, 6.45) is 4.47. The van der Waals surface area contributed by atoms with E-state index < -0.39 is 0 Å². The van der Waals surface area contributed by atoms with Crippen molar-refractivity contribution < 1.29 is 14.6 Å². The van der Waals surface area contributed by atoms with Crippen molar-refractivity contribution >= 4 is 5.78 Å². The summed E-state index contributed by atoms with van der Waals surface area (Å²) >= 11 is 0. The molecule has 21 heavy (non-hydrogen) atoms. The molecule has 1 aromatic rings. The third-order valence-corrected chi connectivity index (χ3v) is 4.86. The molecule has 3 nitrogen and oxygen atoms in total. The molecule has 0 bridgehead atoms. The molecule has 1 fully saturated rings. The predicted octanol–water partition coefficient (Wildman–Crippen LogP) is 3.74. The van der Waals surface area contributed by atoms with Gasteiger partial charge in [0.2, 0.25) is 0 Å². The van der Waals surface area contributed by atoms with Crippen molar-refractivity contribution in [3.8, 4) is 11.5 Å². The number of hydrogen-bond acceptors (Lipinski definition) is 3. The zero-order valence-corrected chi connectivity index (χ0v) is 12.7. The molecule has 2 atom stereocenters. The predicted molar refractivity (Wildman–Crippen MR) is 81.8 cm³/mol. The molecule has 1 aliphatic carbocycles. The molecule has 3 rings (SSSR count). The Morgan fingerprint density at radius 2 is 2.24 bits per heavy atom. The second-order valence-electron chi connectivity index (χ2n) is 6.72. The van der Waals surface area contributed by atoms with Crippen molar-refractivity contribution in [2.75, 3.05) is 0 Å². The second kappa shape index (κ2) is 4.90. The van der Waals surface area contributed by atoms with Gasteiger partial charge in [0, 0.05) is 30.2 Å². The van der Waals surface area contributed by atoms with E-state index in [1.807, 2.05) is 12.1 Å². The van der Waals surface area contributed by atoms with Gasteiger partial charge in [0.1, 0.15) is 22.9 Å². The minimum Gasteiger partial charge on any atom is -0.508 e. The topological polar surface area (TPSA) is 46.5 Å². The molecule has 1 N–H and O–H groups in total. The number of carbonyl (C=O) groups excluding carboxylic acids is 1. The van der Waals surface area contributed by atoms with E-state index in [-0.39, 0.29) is 29.0 Å². The fourth-order valence-corrected chi connectivity index (χ4v) is 3.91. The molecule has 3 heteroatoms. The van der Waals surface area contributed by atoms with Crippen molar-refractivity contribution in [2.45, 2.75) is 51.0 Å². The average molecular weight is 286 g/mol. The summed E-state index contributed by atoms with van der Waals surface area (Å²) in [5.74, 6) is 1.62. The van der Waals surface area contributed by atoms with Crippen LogP contribution in [0.5, 0.6) is 11.5 Å². The van der Waals surface area contributed by atoms with Crippen LogP contribution in [0.2, 0.25) is 0 Å². The zero-order valence-electron chi connectivity index (χ0n) is 12.7. The van der Waals surface area contributed by atoms with Crippen molar-refractivity contribution in [2.24, 2.45) is 5.92 Å². The van der Waals surface area contributed by atoms with E-state index >= 15 is 0 Å². The summed E-state index contributed by atoms with van der Waals surface area (Å²) < 4.78 is 6.19. The SMILES string of the molecule is C=CCc1cc(O)c2c(c1)OC(C)(C)[C@@H]1CCC(=O)C[C@@H]21. The summed E-state index contributed by atoms with van der Waals surface area (Å²) in [6.45, 7) is 7.90. The summed E-state index contributed by atoms with van der Waals surface area (Å²) in [5, 5.41) is 10.4.